The van der Waals surface area contributed by atoms with Gasteiger partial charge in [0.2, 0.25) is 5.89 Å². The van der Waals surface area contributed by atoms with Crippen molar-refractivity contribution in [2.75, 3.05) is 45.9 Å². The summed E-state index contributed by atoms with van der Waals surface area (Å²) in [4.78, 5) is 11.5. The summed E-state index contributed by atoms with van der Waals surface area (Å²) < 4.78 is 10.7. The molecule has 1 fully saturated rings. The molecule has 2 rings (SSSR count). The first kappa shape index (κ1) is 19.7. The quantitative estimate of drug-likeness (QED) is 0.533. The monoisotopic (exact) mass is 352 g/mol. The van der Waals surface area contributed by atoms with E-state index >= 15 is 0 Å². The molecule has 0 bridgehead atoms. The number of aromatic nitrogens is 2. The van der Waals surface area contributed by atoms with Crippen LogP contribution in [-0.4, -0.2) is 73.0 Å². The molecule has 0 saturated carbocycles. The van der Waals surface area contributed by atoms with Crippen LogP contribution >= 0.6 is 0 Å². The van der Waals surface area contributed by atoms with Crippen LogP contribution in [-0.2, 0) is 11.2 Å². The molecule has 0 spiro atoms. The topological polar surface area (TPSA) is 87.8 Å². The van der Waals surface area contributed by atoms with Gasteiger partial charge in [-0.1, -0.05) is 19.0 Å². The lowest BCUT2D eigenvalue weighted by Crippen LogP contribution is -2.44. The fraction of sp³-hybridized carbons (Fsp3) is 0.824. The molecule has 1 aliphatic heterocycles. The molecule has 0 radical (unpaired) electrons. The zero-order valence-corrected chi connectivity index (χ0v) is 15.9. The van der Waals surface area contributed by atoms with Crippen LogP contribution in [0.5, 0.6) is 0 Å². The van der Waals surface area contributed by atoms with Crippen molar-refractivity contribution in [1.82, 2.24) is 25.7 Å². The first-order valence-corrected chi connectivity index (χ1v) is 9.26. The third-order valence-corrected chi connectivity index (χ3v) is 4.16. The lowest BCUT2D eigenvalue weighted by molar-refractivity contribution is 0.0220. The maximum Gasteiger partial charge on any atom is 0.228 e. The zero-order chi connectivity index (χ0) is 18.1. The van der Waals surface area contributed by atoms with E-state index in [1.165, 1.54) is 0 Å². The summed E-state index contributed by atoms with van der Waals surface area (Å²) in [6.45, 7) is 14.3. The summed E-state index contributed by atoms with van der Waals surface area (Å²) in [7, 11) is 0. The number of morpholine rings is 1. The average molecular weight is 352 g/mol. The maximum atomic E-state index is 5.40. The van der Waals surface area contributed by atoms with E-state index in [4.69, 9.17) is 14.3 Å². The summed E-state index contributed by atoms with van der Waals surface area (Å²) in [6.07, 6.45) is 0.684. The van der Waals surface area contributed by atoms with Crippen LogP contribution in [0.3, 0.4) is 0 Å². The summed E-state index contributed by atoms with van der Waals surface area (Å²) in [5, 5.41) is 10.6. The lowest BCUT2D eigenvalue weighted by Gasteiger charge is -2.31. The Morgan fingerprint density at radius 3 is 2.64 bits per heavy atom. The van der Waals surface area contributed by atoms with E-state index in [0.717, 1.165) is 51.2 Å². The van der Waals surface area contributed by atoms with E-state index in [9.17, 15) is 0 Å². The minimum Gasteiger partial charge on any atom is -0.379 e. The number of guanidine groups is 1. The molecule has 1 aliphatic rings. The van der Waals surface area contributed by atoms with Crippen molar-refractivity contribution in [3.63, 3.8) is 0 Å². The van der Waals surface area contributed by atoms with E-state index in [0.29, 0.717) is 24.9 Å². The first-order chi connectivity index (χ1) is 12.1. The van der Waals surface area contributed by atoms with Gasteiger partial charge in [-0.2, -0.15) is 4.98 Å². The molecule has 2 N–H and O–H groups in total. The predicted octanol–water partition coefficient (Wildman–Crippen LogP) is 1.01. The molecular weight excluding hydrogens is 320 g/mol. The van der Waals surface area contributed by atoms with Crippen LogP contribution in [0.15, 0.2) is 9.52 Å². The van der Waals surface area contributed by atoms with Crippen molar-refractivity contribution in [1.29, 1.82) is 0 Å². The molecule has 25 heavy (non-hydrogen) atoms. The Labute approximate surface area is 150 Å². The smallest absolute Gasteiger partial charge is 0.228 e. The van der Waals surface area contributed by atoms with Crippen LogP contribution in [0, 0.1) is 0 Å². The average Bonchev–Trinajstić information content (AvgIpc) is 3.09. The maximum absolute atomic E-state index is 5.40. The van der Waals surface area contributed by atoms with Gasteiger partial charge in [-0.05, 0) is 13.8 Å². The highest BCUT2D eigenvalue weighted by Gasteiger charge is 2.16. The third kappa shape index (κ3) is 6.62. The molecule has 1 aromatic heterocycles. The van der Waals surface area contributed by atoms with E-state index in [2.05, 4.69) is 53.4 Å². The Bertz CT molecular complexity index is 525. The van der Waals surface area contributed by atoms with Gasteiger partial charge >= 0.3 is 0 Å². The van der Waals surface area contributed by atoms with Crippen molar-refractivity contribution in [2.24, 2.45) is 4.99 Å². The van der Waals surface area contributed by atoms with Crippen LogP contribution in [0.4, 0.5) is 0 Å². The molecular formula is C17H32N6O2. The first-order valence-electron chi connectivity index (χ1n) is 9.26. The van der Waals surface area contributed by atoms with Gasteiger partial charge in [-0.15, -0.1) is 0 Å². The molecule has 0 aromatic carbocycles. The summed E-state index contributed by atoms with van der Waals surface area (Å²) in [5.74, 6) is 2.53. The largest absolute Gasteiger partial charge is 0.379 e. The molecule has 0 aliphatic carbocycles. The number of nitrogens with one attached hydrogen (secondary N) is 2. The third-order valence-electron chi connectivity index (χ3n) is 4.16. The van der Waals surface area contributed by atoms with Crippen LogP contribution in [0.2, 0.25) is 0 Å². The lowest BCUT2D eigenvalue weighted by atomic mass is 10.2. The molecule has 142 valence electrons. The van der Waals surface area contributed by atoms with Crippen LogP contribution in [0.25, 0.3) is 0 Å². The molecule has 2 heterocycles. The molecule has 1 atom stereocenters. The number of ether oxygens (including phenoxy) is 1. The zero-order valence-electron chi connectivity index (χ0n) is 15.9. The van der Waals surface area contributed by atoms with Crippen LogP contribution < -0.4 is 10.6 Å². The van der Waals surface area contributed by atoms with Gasteiger partial charge in [0.05, 0.1) is 19.8 Å². The summed E-state index contributed by atoms with van der Waals surface area (Å²) >= 11 is 0. The number of hydrogen-bond donors (Lipinski definition) is 2. The van der Waals surface area contributed by atoms with Gasteiger partial charge in [-0.25, -0.2) is 0 Å². The highest BCUT2D eigenvalue weighted by atomic mass is 16.5. The minimum absolute atomic E-state index is 0.283. The van der Waals surface area contributed by atoms with E-state index in [1.54, 1.807) is 0 Å². The Morgan fingerprint density at radius 1 is 1.24 bits per heavy atom. The number of rotatable bonds is 8. The number of nitrogens with zero attached hydrogens (tertiary/aromatic N) is 4. The SMILES string of the molecule is CCNC(=NCC(C)N1CCOCC1)NCCc1nc(C(C)C)no1. The van der Waals surface area contributed by atoms with Crippen LogP contribution in [0.1, 0.15) is 45.3 Å². The van der Waals surface area contributed by atoms with Crippen molar-refractivity contribution < 1.29 is 9.26 Å². The van der Waals surface area contributed by atoms with E-state index in [-0.39, 0.29) is 5.92 Å². The Kier molecular flexibility index (Phi) is 8.14. The summed E-state index contributed by atoms with van der Waals surface area (Å²) in [5.41, 5.74) is 0. The number of aliphatic imine (C=N–C) groups is 1. The molecule has 1 saturated heterocycles. The molecule has 1 aromatic rings. The van der Waals surface area contributed by atoms with Gasteiger partial charge < -0.3 is 19.9 Å². The van der Waals surface area contributed by atoms with Gasteiger partial charge in [0.1, 0.15) is 0 Å². The second-order valence-corrected chi connectivity index (χ2v) is 6.59. The van der Waals surface area contributed by atoms with Crippen molar-refractivity contribution >= 4 is 5.96 Å². The minimum atomic E-state index is 0.283. The van der Waals surface area contributed by atoms with Gasteiger partial charge in [0, 0.05) is 44.6 Å². The van der Waals surface area contributed by atoms with Crippen molar-refractivity contribution in [3.05, 3.63) is 11.7 Å². The van der Waals surface area contributed by atoms with Gasteiger partial charge in [0.15, 0.2) is 11.8 Å². The van der Waals surface area contributed by atoms with Crippen molar-refractivity contribution in [3.8, 4) is 0 Å². The molecule has 8 heteroatoms. The number of hydrogen-bond acceptors (Lipinski definition) is 6. The second kappa shape index (κ2) is 10.4. The summed E-state index contributed by atoms with van der Waals surface area (Å²) in [6, 6.07) is 0.406. The van der Waals surface area contributed by atoms with Gasteiger partial charge in [0.25, 0.3) is 0 Å². The standard InChI is InChI=1S/C17H32N6O2/c1-5-18-17(20-12-14(4)23-8-10-24-11-9-23)19-7-6-15-21-16(13(2)3)22-25-15/h13-14H,5-12H2,1-4H3,(H2,18,19,20). The normalized spacial score (nSPS) is 17.7. The van der Waals surface area contributed by atoms with Gasteiger partial charge in [-0.3, -0.25) is 9.89 Å². The fourth-order valence-electron chi connectivity index (χ4n) is 2.59. The van der Waals surface area contributed by atoms with E-state index < -0.39 is 0 Å². The van der Waals surface area contributed by atoms with E-state index in [1.807, 2.05) is 0 Å². The fourth-order valence-corrected chi connectivity index (χ4v) is 2.59. The predicted molar refractivity (Wildman–Crippen MR) is 97.9 cm³/mol. The Balaban J connectivity index is 1.78. The molecule has 0 amide bonds. The highest BCUT2D eigenvalue weighted by Crippen LogP contribution is 2.09. The molecule has 8 nitrogen and oxygen atoms in total. The second-order valence-electron chi connectivity index (χ2n) is 6.59. The Morgan fingerprint density at radius 2 is 2.00 bits per heavy atom. The van der Waals surface area contributed by atoms with Crippen molar-refractivity contribution in [2.45, 2.75) is 46.1 Å². The Hall–Kier alpha value is -1.67. The highest BCUT2D eigenvalue weighted by molar-refractivity contribution is 5.79. The molecule has 1 unspecified atom stereocenters.